The minimum absolute atomic E-state index is 0.000644. The number of halogens is 1. The van der Waals surface area contributed by atoms with E-state index in [1.54, 1.807) is 52.1 Å². The molecule has 0 bridgehead atoms. The molecule has 1 aromatic rings. The Morgan fingerprint density at radius 2 is 2.07 bits per heavy atom. The fourth-order valence-corrected chi connectivity index (χ4v) is 6.92. The molecule has 11 nitrogen and oxygen atoms in total. The third-order valence-corrected chi connectivity index (χ3v) is 10.8. The maximum absolute atomic E-state index is 13.8. The average molecular weight is 722 g/mol. The number of alkyl halides is 1. The van der Waals surface area contributed by atoms with Crippen LogP contribution in [-0.2, 0) is 23.7 Å². The van der Waals surface area contributed by atoms with E-state index in [1.807, 2.05) is 0 Å². The first-order valence-electron chi connectivity index (χ1n) is 14.8. The second-order valence-electron chi connectivity index (χ2n) is 10.8. The monoisotopic (exact) mass is 721 g/mol. The van der Waals surface area contributed by atoms with Gasteiger partial charge in [0.1, 0.15) is 30.5 Å². The van der Waals surface area contributed by atoms with Gasteiger partial charge in [0.05, 0.1) is 32.5 Å². The average Bonchev–Trinajstić information content (AvgIpc) is 3.41. The molecule has 0 spiro atoms. The molecule has 1 fully saturated rings. The van der Waals surface area contributed by atoms with Crippen LogP contribution in [0.2, 0.25) is 0 Å². The maximum atomic E-state index is 13.8. The van der Waals surface area contributed by atoms with Gasteiger partial charge in [0, 0.05) is 29.4 Å². The number of rotatable bonds is 21. The molecule has 46 heavy (non-hydrogen) atoms. The number of aliphatic hydroxyl groups excluding tert-OH is 1. The number of carbonyl (C=O) groups is 2. The van der Waals surface area contributed by atoms with Gasteiger partial charge in [-0.25, -0.2) is 4.39 Å². The molecular weight excluding hydrogens is 676 g/mol. The summed E-state index contributed by atoms with van der Waals surface area (Å²) in [6.07, 6.45) is 1.06. The molecule has 0 aliphatic carbocycles. The van der Waals surface area contributed by atoms with Crippen LogP contribution in [0.15, 0.2) is 24.3 Å². The van der Waals surface area contributed by atoms with Gasteiger partial charge in [-0.3, -0.25) is 9.59 Å². The Morgan fingerprint density at radius 1 is 1.26 bits per heavy atom. The number of amides is 2. The van der Waals surface area contributed by atoms with Crippen molar-refractivity contribution in [3.05, 3.63) is 29.8 Å². The zero-order valence-electron chi connectivity index (χ0n) is 26.7. The van der Waals surface area contributed by atoms with E-state index in [1.165, 1.54) is 10.8 Å². The lowest BCUT2D eigenvalue weighted by molar-refractivity contribution is -0.126. The van der Waals surface area contributed by atoms with Gasteiger partial charge in [0.15, 0.2) is 0 Å². The Hall–Kier alpha value is -1.33. The summed E-state index contributed by atoms with van der Waals surface area (Å²) in [6.45, 7) is 7.50. The highest BCUT2D eigenvalue weighted by Gasteiger charge is 2.37. The van der Waals surface area contributed by atoms with Crippen LogP contribution in [0.1, 0.15) is 37.6 Å². The number of aliphatic hydroxyl groups is 1. The van der Waals surface area contributed by atoms with E-state index in [0.717, 1.165) is 10.8 Å². The first kappa shape index (κ1) is 40.8. The molecule has 2 rings (SSSR count). The minimum Gasteiger partial charge on any atom is -0.490 e. The number of benzene rings is 1. The second kappa shape index (κ2) is 23.1. The lowest BCUT2D eigenvalue weighted by atomic mass is 9.71. The largest absolute Gasteiger partial charge is 0.490 e. The van der Waals surface area contributed by atoms with Crippen molar-refractivity contribution in [1.82, 2.24) is 10.6 Å². The van der Waals surface area contributed by atoms with Crippen LogP contribution in [0.3, 0.4) is 0 Å². The molecule has 258 valence electrons. The Morgan fingerprint density at radius 3 is 2.78 bits per heavy atom. The molecule has 1 aliphatic rings. The Labute approximate surface area is 287 Å². The summed E-state index contributed by atoms with van der Waals surface area (Å²) in [7, 11) is 5.80. The fourth-order valence-electron chi connectivity index (χ4n) is 3.80. The SMILES string of the molecule is CSS[C@H](F)O[C@@H]1C[C@H](BC#CCNC(=O)COCCOC(COc2cccc(C(=O)NCCN)c2)SSC(C)(C)C)OC1CO. The maximum Gasteiger partial charge on any atom is 0.257 e. The molecule has 5 atom stereocenters. The normalized spacial score (nSPS) is 19.1. The molecule has 0 saturated carbocycles. The van der Waals surface area contributed by atoms with Crippen molar-refractivity contribution < 1.29 is 42.8 Å². The van der Waals surface area contributed by atoms with Crippen molar-refractivity contribution in [1.29, 1.82) is 0 Å². The molecule has 5 N–H and O–H groups in total. The first-order valence-corrected chi connectivity index (χ1v) is 19.6. The van der Waals surface area contributed by atoms with Crippen LogP contribution < -0.4 is 21.1 Å². The van der Waals surface area contributed by atoms with Gasteiger partial charge in [-0.2, -0.15) is 5.82 Å². The van der Waals surface area contributed by atoms with Crippen molar-refractivity contribution in [2.24, 2.45) is 5.73 Å². The summed E-state index contributed by atoms with van der Waals surface area (Å²) in [5, 5.41) is 14.9. The van der Waals surface area contributed by atoms with Gasteiger partial charge in [0.2, 0.25) is 13.2 Å². The van der Waals surface area contributed by atoms with E-state index in [4.69, 9.17) is 29.4 Å². The van der Waals surface area contributed by atoms with Crippen LogP contribution in [0, 0.1) is 11.7 Å². The van der Waals surface area contributed by atoms with E-state index in [0.29, 0.717) is 38.1 Å². The van der Waals surface area contributed by atoms with E-state index < -0.39 is 17.9 Å². The Bertz CT molecular complexity index is 1110. The fraction of sp³-hybridized carbons (Fsp3) is 0.655. The van der Waals surface area contributed by atoms with Crippen LogP contribution in [0.4, 0.5) is 4.39 Å². The summed E-state index contributed by atoms with van der Waals surface area (Å²) < 4.78 is 42.2. The minimum atomic E-state index is -1.49. The zero-order chi connectivity index (χ0) is 33.8. The molecule has 1 aliphatic heterocycles. The predicted octanol–water partition coefficient (Wildman–Crippen LogP) is 2.56. The molecule has 0 radical (unpaired) electrons. The number of hydrogen-bond acceptors (Lipinski definition) is 13. The topological polar surface area (TPSA) is 151 Å². The highest BCUT2D eigenvalue weighted by Crippen LogP contribution is 2.38. The number of carbonyl (C=O) groups excluding carboxylic acids is 2. The molecule has 1 aromatic carbocycles. The summed E-state index contributed by atoms with van der Waals surface area (Å²) in [4.78, 5) is 24.4. The predicted molar refractivity (Wildman–Crippen MR) is 188 cm³/mol. The molecule has 17 heteroatoms. The van der Waals surface area contributed by atoms with E-state index in [-0.39, 0.29) is 67.6 Å². The van der Waals surface area contributed by atoms with Crippen molar-refractivity contribution in [2.75, 3.05) is 58.9 Å². The smallest absolute Gasteiger partial charge is 0.257 e. The van der Waals surface area contributed by atoms with Crippen LogP contribution in [0.25, 0.3) is 0 Å². The molecule has 2 unspecified atom stereocenters. The van der Waals surface area contributed by atoms with Gasteiger partial charge in [-0.05, 0) is 41.7 Å². The van der Waals surface area contributed by atoms with Crippen molar-refractivity contribution in [2.45, 2.75) is 61.3 Å². The molecular formula is C29H45BFN3O8S4. The second-order valence-corrected chi connectivity index (χ2v) is 16.5. The molecule has 0 aromatic heterocycles. The number of hydrogen-bond donors (Lipinski definition) is 4. The van der Waals surface area contributed by atoms with Crippen molar-refractivity contribution in [3.63, 3.8) is 0 Å². The van der Waals surface area contributed by atoms with E-state index in [2.05, 4.69) is 43.1 Å². The molecule has 1 heterocycles. The van der Waals surface area contributed by atoms with Gasteiger partial charge in [-0.1, -0.05) is 65.1 Å². The van der Waals surface area contributed by atoms with Crippen LogP contribution in [0.5, 0.6) is 5.75 Å². The van der Waals surface area contributed by atoms with E-state index >= 15 is 0 Å². The van der Waals surface area contributed by atoms with Gasteiger partial charge >= 0.3 is 0 Å². The third kappa shape index (κ3) is 17.7. The highest BCUT2D eigenvalue weighted by molar-refractivity contribution is 8.77. The third-order valence-electron chi connectivity index (χ3n) is 5.82. The van der Waals surface area contributed by atoms with Crippen molar-refractivity contribution >= 4 is 62.3 Å². The zero-order valence-corrected chi connectivity index (χ0v) is 29.9. The highest BCUT2D eigenvalue weighted by atomic mass is 33.1. The van der Waals surface area contributed by atoms with Gasteiger partial charge < -0.3 is 45.2 Å². The molecule has 2 amide bonds. The quantitative estimate of drug-likeness (QED) is 0.0485. The summed E-state index contributed by atoms with van der Waals surface area (Å²) in [5.74, 6) is 5.83. The molecule has 1 saturated heterocycles. The summed E-state index contributed by atoms with van der Waals surface area (Å²) >= 11 is 0. The number of nitrogens with two attached hydrogens (primary N) is 1. The van der Waals surface area contributed by atoms with Crippen molar-refractivity contribution in [3.8, 4) is 17.5 Å². The number of nitrogens with one attached hydrogen (secondary N) is 2. The Kier molecular flexibility index (Phi) is 20.5. The Balaban J connectivity index is 1.68. The summed E-state index contributed by atoms with van der Waals surface area (Å²) in [6, 6.07) is 6.63. The lowest BCUT2D eigenvalue weighted by Gasteiger charge is -2.22. The van der Waals surface area contributed by atoms with Gasteiger partial charge in [0.25, 0.3) is 11.6 Å². The lowest BCUT2D eigenvalue weighted by Crippen LogP contribution is -2.29. The standard InChI is InChI=1S/C29H45BFN3O8S4/c1-29(2,3)46-44-26(19-40-21-8-5-7-20(15-21)27(37)34-12-10-32)39-14-13-38-18-25(36)33-11-6-9-30-24-16-22(23(17-35)41-24)42-28(31)45-43-4/h5,7-8,15,22-24,26,28,30,35H,10-14,16-19,32H2,1-4H3,(H,33,36)(H,34,37)/t22-,23?,24-,26?,28-/m1/s1. The van der Waals surface area contributed by atoms with Crippen LogP contribution >= 0.6 is 43.2 Å². The summed E-state index contributed by atoms with van der Waals surface area (Å²) in [5.41, 5.74) is 4.12. The van der Waals surface area contributed by atoms with Crippen LogP contribution in [-0.4, -0.2) is 117 Å². The van der Waals surface area contributed by atoms with E-state index in [9.17, 15) is 19.1 Å². The first-order chi connectivity index (χ1) is 22.0. The van der Waals surface area contributed by atoms with Gasteiger partial charge in [-0.15, -0.1) is 0 Å². The number of ether oxygens (including phenoxy) is 5.